The number of nitrogens with zero attached hydrogens (tertiary/aromatic N) is 4. The number of piperidine rings is 1. The molecule has 0 spiro atoms. The highest BCUT2D eigenvalue weighted by Crippen LogP contribution is 2.25. The summed E-state index contributed by atoms with van der Waals surface area (Å²) in [5.41, 5.74) is 3.07. The van der Waals surface area contributed by atoms with Crippen LogP contribution in [0.3, 0.4) is 0 Å². The number of hydrogen-bond donors (Lipinski definition) is 1. The number of nitriles is 2. The Morgan fingerprint density at radius 2 is 1.96 bits per heavy atom. The molecule has 3 rings (SSSR count). The van der Waals surface area contributed by atoms with Crippen molar-refractivity contribution in [1.82, 2.24) is 4.98 Å². The van der Waals surface area contributed by atoms with Gasteiger partial charge in [-0.05, 0) is 31.0 Å². The van der Waals surface area contributed by atoms with Crippen LogP contribution in [0.4, 0.5) is 11.4 Å². The van der Waals surface area contributed by atoms with Gasteiger partial charge in [0.1, 0.15) is 12.1 Å². The normalized spacial score (nSPS) is 17.1. The zero-order valence-corrected chi connectivity index (χ0v) is 12.7. The van der Waals surface area contributed by atoms with Crippen molar-refractivity contribution in [2.24, 2.45) is 0 Å². The molecule has 5 nitrogen and oxygen atoms in total. The molecule has 5 heteroatoms. The molecule has 1 aromatic carbocycles. The highest BCUT2D eigenvalue weighted by atomic mass is 15.2. The molecule has 1 N–H and O–H groups in total. The number of para-hydroxylation sites is 1. The summed E-state index contributed by atoms with van der Waals surface area (Å²) in [6.07, 6.45) is 5.35. The average Bonchev–Trinajstić information content (AvgIpc) is 2.62. The van der Waals surface area contributed by atoms with E-state index in [0.717, 1.165) is 37.3 Å². The molecule has 0 amide bonds. The molecule has 0 radical (unpaired) electrons. The topological polar surface area (TPSA) is 75.7 Å². The minimum absolute atomic E-state index is 0.241. The van der Waals surface area contributed by atoms with Crippen LogP contribution in [0, 0.1) is 22.7 Å². The Kier molecular flexibility index (Phi) is 4.40. The van der Waals surface area contributed by atoms with Crippen molar-refractivity contribution in [2.45, 2.75) is 18.9 Å². The maximum absolute atomic E-state index is 9.28. The summed E-state index contributed by atoms with van der Waals surface area (Å²) in [6.45, 7) is 1.75. The van der Waals surface area contributed by atoms with E-state index in [9.17, 15) is 5.26 Å². The first-order chi connectivity index (χ1) is 11.3. The van der Waals surface area contributed by atoms with E-state index in [1.54, 1.807) is 12.4 Å². The summed E-state index contributed by atoms with van der Waals surface area (Å²) in [5, 5.41) is 21.9. The van der Waals surface area contributed by atoms with E-state index < -0.39 is 0 Å². The Bertz CT molecular complexity index is 771. The van der Waals surface area contributed by atoms with Crippen molar-refractivity contribution < 1.29 is 0 Å². The lowest BCUT2D eigenvalue weighted by molar-refractivity contribution is 0.530. The molecule has 1 aliphatic rings. The molecule has 1 unspecified atom stereocenters. The third-order valence-corrected chi connectivity index (χ3v) is 4.09. The number of aromatic nitrogens is 1. The molecule has 114 valence electrons. The summed E-state index contributed by atoms with van der Waals surface area (Å²) < 4.78 is 0. The molecule has 2 heterocycles. The van der Waals surface area contributed by atoms with Crippen LogP contribution < -0.4 is 10.2 Å². The fraction of sp³-hybridized carbons (Fsp3) is 0.278. The monoisotopic (exact) mass is 303 g/mol. The van der Waals surface area contributed by atoms with Crippen LogP contribution in [0.2, 0.25) is 0 Å². The van der Waals surface area contributed by atoms with E-state index in [4.69, 9.17) is 5.26 Å². The summed E-state index contributed by atoms with van der Waals surface area (Å²) in [5.74, 6) is 0. The molecule has 0 saturated carbocycles. The van der Waals surface area contributed by atoms with Crippen molar-refractivity contribution in [1.29, 1.82) is 10.5 Å². The van der Waals surface area contributed by atoms with Crippen LogP contribution in [0.1, 0.15) is 24.0 Å². The predicted molar refractivity (Wildman–Crippen MR) is 89.0 cm³/mol. The van der Waals surface area contributed by atoms with Gasteiger partial charge in [0.2, 0.25) is 0 Å². The lowest BCUT2D eigenvalue weighted by Crippen LogP contribution is -2.42. The number of benzene rings is 1. The van der Waals surface area contributed by atoms with Crippen LogP contribution in [0.25, 0.3) is 0 Å². The third-order valence-electron chi connectivity index (χ3n) is 4.09. The highest BCUT2D eigenvalue weighted by Gasteiger charge is 2.22. The number of hydrogen-bond acceptors (Lipinski definition) is 5. The first kappa shape index (κ1) is 14.9. The summed E-state index contributed by atoms with van der Waals surface area (Å²) in [7, 11) is 0. The molecule has 1 fully saturated rings. The Morgan fingerprint density at radius 1 is 1.13 bits per heavy atom. The minimum Gasteiger partial charge on any atom is -0.379 e. The molecule has 0 bridgehead atoms. The van der Waals surface area contributed by atoms with Crippen LogP contribution in [-0.2, 0) is 0 Å². The predicted octanol–water partition coefficient (Wildman–Crippen LogP) is 2.91. The molecule has 1 atom stereocenters. The van der Waals surface area contributed by atoms with E-state index in [0.29, 0.717) is 11.1 Å². The highest BCUT2D eigenvalue weighted by molar-refractivity contribution is 5.60. The number of anilines is 2. The van der Waals surface area contributed by atoms with Gasteiger partial charge in [0, 0.05) is 31.5 Å². The van der Waals surface area contributed by atoms with Gasteiger partial charge in [-0.25, -0.2) is 0 Å². The second kappa shape index (κ2) is 6.81. The van der Waals surface area contributed by atoms with Gasteiger partial charge in [-0.15, -0.1) is 0 Å². The van der Waals surface area contributed by atoms with Gasteiger partial charge < -0.3 is 10.2 Å². The smallest absolute Gasteiger partial charge is 0.103 e. The standard InChI is InChI=1S/C18H17N5/c19-10-14-4-1-2-6-18(14)23-9-3-5-16(13-23)22-17-7-8-21-12-15(17)11-20/h1-2,4,6-8,12,16H,3,5,9,13H2,(H,21,22). The Labute approximate surface area is 135 Å². The van der Waals surface area contributed by atoms with Crippen LogP contribution in [-0.4, -0.2) is 24.1 Å². The van der Waals surface area contributed by atoms with Crippen LogP contribution in [0.15, 0.2) is 42.7 Å². The van der Waals surface area contributed by atoms with Gasteiger partial charge >= 0.3 is 0 Å². The summed E-state index contributed by atoms with van der Waals surface area (Å²) in [6, 6.07) is 14.2. The average molecular weight is 303 g/mol. The van der Waals surface area contributed by atoms with Gasteiger partial charge in [0.15, 0.2) is 0 Å². The molecule has 1 aliphatic heterocycles. The summed E-state index contributed by atoms with van der Waals surface area (Å²) in [4.78, 5) is 6.23. The van der Waals surface area contributed by atoms with E-state index in [-0.39, 0.29) is 6.04 Å². The van der Waals surface area contributed by atoms with Gasteiger partial charge in [0.05, 0.1) is 22.5 Å². The fourth-order valence-electron chi connectivity index (χ4n) is 2.99. The molecule has 1 aromatic heterocycles. The SMILES string of the molecule is N#Cc1cnccc1NC1CCCN(c2ccccc2C#N)C1. The largest absolute Gasteiger partial charge is 0.379 e. The van der Waals surface area contributed by atoms with E-state index in [2.05, 4.69) is 27.3 Å². The van der Waals surface area contributed by atoms with Crippen LogP contribution in [0.5, 0.6) is 0 Å². The maximum atomic E-state index is 9.28. The number of pyridine rings is 1. The maximum Gasteiger partial charge on any atom is 0.103 e. The van der Waals surface area contributed by atoms with Gasteiger partial charge in [0.25, 0.3) is 0 Å². The number of rotatable bonds is 3. The van der Waals surface area contributed by atoms with E-state index >= 15 is 0 Å². The van der Waals surface area contributed by atoms with Crippen LogP contribution >= 0.6 is 0 Å². The first-order valence-corrected chi connectivity index (χ1v) is 7.66. The molecule has 23 heavy (non-hydrogen) atoms. The first-order valence-electron chi connectivity index (χ1n) is 7.66. The molecule has 2 aromatic rings. The van der Waals surface area contributed by atoms with Crippen molar-refractivity contribution in [2.75, 3.05) is 23.3 Å². The lowest BCUT2D eigenvalue weighted by Gasteiger charge is -2.35. The lowest BCUT2D eigenvalue weighted by atomic mass is 10.0. The Hall–Kier alpha value is -3.05. The quantitative estimate of drug-likeness (QED) is 0.943. The van der Waals surface area contributed by atoms with Gasteiger partial charge in [-0.1, -0.05) is 12.1 Å². The third kappa shape index (κ3) is 3.25. The van der Waals surface area contributed by atoms with Crippen molar-refractivity contribution in [3.8, 4) is 12.1 Å². The molecular weight excluding hydrogens is 286 g/mol. The molecule has 0 aliphatic carbocycles. The zero-order chi connectivity index (χ0) is 16.1. The molecular formula is C18H17N5. The van der Waals surface area contributed by atoms with Gasteiger partial charge in [-0.2, -0.15) is 10.5 Å². The molecule has 1 saturated heterocycles. The van der Waals surface area contributed by atoms with Gasteiger partial charge in [-0.3, -0.25) is 4.98 Å². The fourth-order valence-corrected chi connectivity index (χ4v) is 2.99. The second-order valence-corrected chi connectivity index (χ2v) is 5.59. The minimum atomic E-state index is 0.241. The van der Waals surface area contributed by atoms with E-state index in [1.165, 1.54) is 0 Å². The summed E-state index contributed by atoms with van der Waals surface area (Å²) >= 11 is 0. The van der Waals surface area contributed by atoms with Crippen molar-refractivity contribution in [3.63, 3.8) is 0 Å². The second-order valence-electron chi connectivity index (χ2n) is 5.59. The Balaban J connectivity index is 1.77. The Morgan fingerprint density at radius 3 is 2.78 bits per heavy atom. The van der Waals surface area contributed by atoms with E-state index in [1.807, 2.05) is 30.3 Å². The number of nitrogens with one attached hydrogen (secondary N) is 1. The van der Waals surface area contributed by atoms with Crippen molar-refractivity contribution in [3.05, 3.63) is 53.9 Å². The zero-order valence-electron chi connectivity index (χ0n) is 12.7. The van der Waals surface area contributed by atoms with Crippen molar-refractivity contribution >= 4 is 11.4 Å².